The molecule has 0 spiro atoms. The fraction of sp³-hybridized carbons (Fsp3) is 0.917. The van der Waals surface area contributed by atoms with Crippen LogP contribution in [0.5, 0.6) is 0 Å². The predicted octanol–water partition coefficient (Wildman–Crippen LogP) is 2.55. The van der Waals surface area contributed by atoms with Crippen molar-refractivity contribution >= 4 is 5.84 Å². The molecule has 1 fully saturated rings. The maximum atomic E-state index is 7.29. The summed E-state index contributed by atoms with van der Waals surface area (Å²) in [6.45, 7) is 8.27. The number of rotatable bonds is 6. The summed E-state index contributed by atoms with van der Waals surface area (Å²) in [5.41, 5.74) is 5.99. The number of ether oxygens (including phenoxy) is 1. The highest BCUT2D eigenvalue weighted by Crippen LogP contribution is 2.48. The van der Waals surface area contributed by atoms with Crippen LogP contribution in [-0.2, 0) is 4.74 Å². The summed E-state index contributed by atoms with van der Waals surface area (Å²) < 4.78 is 5.69. The Labute approximate surface area is 92.9 Å². The van der Waals surface area contributed by atoms with Crippen molar-refractivity contribution in [3.8, 4) is 0 Å². The topological polar surface area (TPSA) is 59.1 Å². The minimum Gasteiger partial charge on any atom is -0.388 e. The molecule has 1 saturated carbocycles. The minimum absolute atomic E-state index is 0.226. The Morgan fingerprint density at radius 1 is 1.40 bits per heavy atom. The van der Waals surface area contributed by atoms with Gasteiger partial charge in [-0.15, -0.1) is 0 Å². The van der Waals surface area contributed by atoms with Crippen LogP contribution in [0.1, 0.15) is 46.5 Å². The van der Waals surface area contributed by atoms with Gasteiger partial charge in [-0.2, -0.15) is 0 Å². The van der Waals surface area contributed by atoms with Gasteiger partial charge >= 0.3 is 0 Å². The summed E-state index contributed by atoms with van der Waals surface area (Å²) >= 11 is 0. The Morgan fingerprint density at radius 2 is 2.00 bits per heavy atom. The molecule has 0 aromatic heterocycles. The molecular weight excluding hydrogens is 188 g/mol. The van der Waals surface area contributed by atoms with Crippen LogP contribution in [0, 0.1) is 16.2 Å². The minimum atomic E-state index is 0.226. The third-order valence-corrected chi connectivity index (χ3v) is 2.93. The van der Waals surface area contributed by atoms with Gasteiger partial charge in [0.2, 0.25) is 0 Å². The van der Waals surface area contributed by atoms with E-state index in [9.17, 15) is 0 Å². The van der Waals surface area contributed by atoms with Crippen molar-refractivity contribution in [2.24, 2.45) is 16.6 Å². The lowest BCUT2D eigenvalue weighted by atomic mass is 9.93. The van der Waals surface area contributed by atoms with E-state index in [-0.39, 0.29) is 5.41 Å². The zero-order valence-corrected chi connectivity index (χ0v) is 10.2. The first-order chi connectivity index (χ1) is 6.83. The molecule has 0 aliphatic heterocycles. The molecule has 1 aliphatic carbocycles. The van der Waals surface area contributed by atoms with Crippen LogP contribution in [0.4, 0.5) is 0 Å². The first-order valence-electron chi connectivity index (χ1n) is 5.74. The Balaban J connectivity index is 2.12. The van der Waals surface area contributed by atoms with Crippen molar-refractivity contribution < 1.29 is 4.74 Å². The fourth-order valence-corrected chi connectivity index (χ4v) is 1.62. The predicted molar refractivity (Wildman–Crippen MR) is 63.1 cm³/mol. The molecule has 0 aromatic carbocycles. The highest BCUT2D eigenvalue weighted by Gasteiger charge is 2.43. The summed E-state index contributed by atoms with van der Waals surface area (Å²) in [4.78, 5) is 0. The van der Waals surface area contributed by atoms with Gasteiger partial charge in [0.1, 0.15) is 0 Å². The van der Waals surface area contributed by atoms with Gasteiger partial charge in [0.15, 0.2) is 0 Å². The molecule has 3 nitrogen and oxygen atoms in total. The van der Waals surface area contributed by atoms with E-state index in [1.54, 1.807) is 0 Å². The quantitative estimate of drug-likeness (QED) is 0.404. The van der Waals surface area contributed by atoms with Crippen molar-refractivity contribution in [1.29, 1.82) is 5.41 Å². The lowest BCUT2D eigenvalue weighted by Crippen LogP contribution is -2.21. The van der Waals surface area contributed by atoms with Gasteiger partial charge in [-0.3, -0.25) is 5.41 Å². The third kappa shape index (κ3) is 5.17. The van der Waals surface area contributed by atoms with Gasteiger partial charge in [0.05, 0.1) is 12.4 Å². The standard InChI is InChI=1S/C12H24N2O/c1-11(2,3)6-7-15-9-12(4-5-12)8-10(13)14/h4-9H2,1-3H3,(H3,13,14). The molecule has 15 heavy (non-hydrogen) atoms. The van der Waals surface area contributed by atoms with E-state index in [1.165, 1.54) is 12.8 Å². The van der Waals surface area contributed by atoms with Gasteiger partial charge in [-0.05, 0) is 24.7 Å². The van der Waals surface area contributed by atoms with Gasteiger partial charge < -0.3 is 10.5 Å². The number of nitrogens with one attached hydrogen (secondary N) is 1. The summed E-state index contributed by atoms with van der Waals surface area (Å²) in [5.74, 6) is 0.298. The van der Waals surface area contributed by atoms with Crippen LogP contribution in [-0.4, -0.2) is 19.0 Å². The first kappa shape index (κ1) is 12.5. The van der Waals surface area contributed by atoms with Crippen LogP contribution in [0.15, 0.2) is 0 Å². The Bertz CT molecular complexity index is 226. The lowest BCUT2D eigenvalue weighted by Gasteiger charge is -2.19. The Hall–Kier alpha value is -0.570. The first-order valence-corrected chi connectivity index (χ1v) is 5.74. The van der Waals surface area contributed by atoms with Crippen molar-refractivity contribution in [1.82, 2.24) is 0 Å². The fourth-order valence-electron chi connectivity index (χ4n) is 1.62. The van der Waals surface area contributed by atoms with Crippen LogP contribution < -0.4 is 5.73 Å². The monoisotopic (exact) mass is 212 g/mol. The summed E-state index contributed by atoms with van der Waals surface area (Å²) in [7, 11) is 0. The van der Waals surface area contributed by atoms with Crippen molar-refractivity contribution in [2.75, 3.05) is 13.2 Å². The highest BCUT2D eigenvalue weighted by atomic mass is 16.5. The molecule has 0 amide bonds. The van der Waals surface area contributed by atoms with Gasteiger partial charge in [0.25, 0.3) is 0 Å². The van der Waals surface area contributed by atoms with E-state index >= 15 is 0 Å². The zero-order chi connectivity index (χ0) is 11.5. The van der Waals surface area contributed by atoms with E-state index in [2.05, 4.69) is 20.8 Å². The zero-order valence-electron chi connectivity index (χ0n) is 10.2. The second-order valence-corrected chi connectivity index (χ2v) is 6.07. The van der Waals surface area contributed by atoms with Crippen molar-refractivity contribution in [3.05, 3.63) is 0 Å². The molecule has 3 heteroatoms. The molecule has 0 atom stereocenters. The third-order valence-electron chi connectivity index (χ3n) is 2.93. The Kier molecular flexibility index (Phi) is 3.77. The van der Waals surface area contributed by atoms with E-state index in [0.717, 1.165) is 19.6 Å². The van der Waals surface area contributed by atoms with E-state index in [4.69, 9.17) is 15.9 Å². The number of nitrogens with two attached hydrogens (primary N) is 1. The normalized spacial score (nSPS) is 18.9. The van der Waals surface area contributed by atoms with Crippen molar-refractivity contribution in [2.45, 2.75) is 46.5 Å². The molecule has 0 radical (unpaired) electrons. The molecule has 1 rings (SSSR count). The number of hydrogen-bond acceptors (Lipinski definition) is 2. The van der Waals surface area contributed by atoms with E-state index in [0.29, 0.717) is 17.7 Å². The average Bonchev–Trinajstić information content (AvgIpc) is 2.76. The smallest absolute Gasteiger partial charge is 0.0911 e. The second kappa shape index (κ2) is 4.52. The van der Waals surface area contributed by atoms with Crippen molar-refractivity contribution in [3.63, 3.8) is 0 Å². The van der Waals surface area contributed by atoms with Crippen LogP contribution >= 0.6 is 0 Å². The summed E-state index contributed by atoms with van der Waals surface area (Å²) in [6.07, 6.45) is 4.13. The molecule has 0 aromatic rings. The van der Waals surface area contributed by atoms with Crippen LogP contribution in [0.3, 0.4) is 0 Å². The van der Waals surface area contributed by atoms with E-state index < -0.39 is 0 Å². The maximum Gasteiger partial charge on any atom is 0.0911 e. The lowest BCUT2D eigenvalue weighted by molar-refractivity contribution is 0.0736. The van der Waals surface area contributed by atoms with Gasteiger partial charge in [-0.1, -0.05) is 20.8 Å². The molecule has 0 unspecified atom stereocenters. The molecule has 3 N–H and O–H groups in total. The van der Waals surface area contributed by atoms with E-state index in [1.807, 2.05) is 0 Å². The maximum absolute atomic E-state index is 7.29. The van der Waals surface area contributed by atoms with Crippen LogP contribution in [0.2, 0.25) is 0 Å². The van der Waals surface area contributed by atoms with Crippen LogP contribution in [0.25, 0.3) is 0 Å². The second-order valence-electron chi connectivity index (χ2n) is 6.07. The molecule has 88 valence electrons. The number of hydrogen-bond donors (Lipinski definition) is 2. The van der Waals surface area contributed by atoms with Gasteiger partial charge in [-0.25, -0.2) is 0 Å². The SMILES string of the molecule is CC(C)(C)CCOCC1(CC(=N)N)CC1. The molecule has 1 aliphatic rings. The van der Waals surface area contributed by atoms with Gasteiger partial charge in [0, 0.05) is 18.4 Å². The molecule has 0 bridgehead atoms. The molecule has 0 saturated heterocycles. The average molecular weight is 212 g/mol. The Morgan fingerprint density at radius 3 is 2.40 bits per heavy atom. The molecular formula is C12H24N2O. The highest BCUT2D eigenvalue weighted by molar-refractivity contribution is 5.78. The largest absolute Gasteiger partial charge is 0.388 e. The molecule has 0 heterocycles. The summed E-state index contributed by atoms with van der Waals surface area (Å²) in [5, 5.41) is 7.29. The summed E-state index contributed by atoms with van der Waals surface area (Å²) in [6, 6.07) is 0. The number of amidine groups is 1.